The van der Waals surface area contributed by atoms with Crippen molar-refractivity contribution in [3.8, 4) is 11.3 Å². The first-order valence-electron chi connectivity index (χ1n) is 7.17. The van der Waals surface area contributed by atoms with Crippen molar-refractivity contribution in [2.24, 2.45) is 0 Å². The molecule has 2 heterocycles. The van der Waals surface area contributed by atoms with Crippen LogP contribution in [0.15, 0.2) is 41.8 Å². The molecule has 22 heavy (non-hydrogen) atoms. The van der Waals surface area contributed by atoms with E-state index in [1.807, 2.05) is 18.7 Å². The lowest BCUT2D eigenvalue weighted by molar-refractivity contribution is 0.588. The van der Waals surface area contributed by atoms with Gasteiger partial charge in [-0.05, 0) is 38.1 Å². The Morgan fingerprint density at radius 2 is 2.18 bits per heavy atom. The van der Waals surface area contributed by atoms with Crippen LogP contribution in [-0.2, 0) is 10.0 Å². The molecule has 0 saturated heterocycles. The Balaban J connectivity index is 1.84. The quantitative estimate of drug-likeness (QED) is 0.775. The van der Waals surface area contributed by atoms with Crippen molar-refractivity contribution in [1.82, 2.24) is 19.3 Å². The molecule has 114 valence electrons. The summed E-state index contributed by atoms with van der Waals surface area (Å²) in [6.07, 6.45) is 8.15. The van der Waals surface area contributed by atoms with Gasteiger partial charge >= 0.3 is 0 Å². The molecule has 0 atom stereocenters. The van der Waals surface area contributed by atoms with Crippen LogP contribution in [0.1, 0.15) is 18.9 Å². The summed E-state index contributed by atoms with van der Waals surface area (Å²) in [5.41, 5.74) is 2.67. The molecule has 7 heteroatoms. The van der Waals surface area contributed by atoms with E-state index >= 15 is 0 Å². The molecule has 1 fully saturated rings. The van der Waals surface area contributed by atoms with E-state index in [0.29, 0.717) is 6.04 Å². The second-order valence-corrected chi connectivity index (χ2v) is 7.44. The molecule has 0 unspecified atom stereocenters. The number of aromatic amines is 1. The Morgan fingerprint density at radius 3 is 2.91 bits per heavy atom. The van der Waals surface area contributed by atoms with Gasteiger partial charge in [-0.15, -0.1) is 0 Å². The van der Waals surface area contributed by atoms with E-state index in [9.17, 15) is 8.42 Å². The first kappa shape index (κ1) is 13.5. The Morgan fingerprint density at radius 1 is 1.36 bits per heavy atom. The van der Waals surface area contributed by atoms with Crippen molar-refractivity contribution in [2.45, 2.75) is 23.8 Å². The number of hydrogen-bond acceptors (Lipinski definition) is 3. The molecule has 6 nitrogen and oxygen atoms in total. The largest absolute Gasteiger partial charge is 0.360 e. The van der Waals surface area contributed by atoms with Gasteiger partial charge in [0.2, 0.25) is 10.0 Å². The highest BCUT2D eigenvalue weighted by Gasteiger charge is 2.24. The van der Waals surface area contributed by atoms with Crippen molar-refractivity contribution in [3.63, 3.8) is 0 Å². The number of benzene rings is 1. The lowest BCUT2D eigenvalue weighted by Crippen LogP contribution is -2.18. The predicted octanol–water partition coefficient (Wildman–Crippen LogP) is 2.27. The van der Waals surface area contributed by atoms with Gasteiger partial charge in [-0.3, -0.25) is 0 Å². The van der Waals surface area contributed by atoms with E-state index in [1.165, 1.54) is 19.9 Å². The molecular formula is C15H16N4O2S. The summed E-state index contributed by atoms with van der Waals surface area (Å²) >= 11 is 0. The summed E-state index contributed by atoms with van der Waals surface area (Å²) in [6, 6.07) is 5.63. The zero-order valence-corrected chi connectivity index (χ0v) is 12.9. The van der Waals surface area contributed by atoms with Gasteiger partial charge in [0.15, 0.2) is 0 Å². The summed E-state index contributed by atoms with van der Waals surface area (Å²) in [7, 11) is -2.04. The normalized spacial score (nSPS) is 15.5. The molecule has 2 N–H and O–H groups in total. The first-order valence-corrected chi connectivity index (χ1v) is 8.65. The number of H-pyrrole nitrogens is 1. The smallest absolute Gasteiger partial charge is 0.240 e. The van der Waals surface area contributed by atoms with Gasteiger partial charge in [0, 0.05) is 34.9 Å². The standard InChI is InChI=1S/C15H16N4O2S/c1-16-22(20,21)11-4-5-14-12(6-11)13(7-17-14)15-8-19(9-18-15)10-2-3-10/h4-10,16-17H,2-3H2,1H3. The minimum Gasteiger partial charge on any atom is -0.360 e. The fourth-order valence-electron chi connectivity index (χ4n) is 2.64. The summed E-state index contributed by atoms with van der Waals surface area (Å²) < 4.78 is 28.4. The van der Waals surface area contributed by atoms with Crippen molar-refractivity contribution in [2.75, 3.05) is 7.05 Å². The van der Waals surface area contributed by atoms with Crippen LogP contribution in [0.2, 0.25) is 0 Å². The fourth-order valence-corrected chi connectivity index (χ4v) is 3.40. The summed E-state index contributed by atoms with van der Waals surface area (Å²) in [5, 5.41) is 0.859. The molecule has 3 aromatic rings. The molecule has 1 saturated carbocycles. The maximum atomic E-state index is 12.0. The molecule has 4 rings (SSSR count). The Bertz CT molecular complexity index is 951. The predicted molar refractivity (Wildman–Crippen MR) is 84.0 cm³/mol. The van der Waals surface area contributed by atoms with Crippen molar-refractivity contribution in [1.29, 1.82) is 0 Å². The van der Waals surface area contributed by atoms with Crippen LogP contribution in [0.5, 0.6) is 0 Å². The lowest BCUT2D eigenvalue weighted by atomic mass is 10.1. The second kappa shape index (κ2) is 4.69. The molecule has 0 radical (unpaired) electrons. The third-order valence-electron chi connectivity index (χ3n) is 4.08. The molecule has 0 amide bonds. The topological polar surface area (TPSA) is 79.8 Å². The van der Waals surface area contributed by atoms with E-state index < -0.39 is 10.0 Å². The number of nitrogens with one attached hydrogen (secondary N) is 2. The third kappa shape index (κ3) is 2.13. The fraction of sp³-hybridized carbons (Fsp3) is 0.267. The van der Waals surface area contributed by atoms with Gasteiger partial charge in [-0.25, -0.2) is 18.1 Å². The number of rotatable bonds is 4. The van der Waals surface area contributed by atoms with Gasteiger partial charge in [0.25, 0.3) is 0 Å². The molecule has 0 bridgehead atoms. The maximum Gasteiger partial charge on any atom is 0.240 e. The molecule has 0 aliphatic heterocycles. The lowest BCUT2D eigenvalue weighted by Gasteiger charge is -2.03. The van der Waals surface area contributed by atoms with Crippen LogP contribution < -0.4 is 4.72 Å². The number of aromatic nitrogens is 3. The number of nitrogens with zero attached hydrogens (tertiary/aromatic N) is 2. The summed E-state index contributed by atoms with van der Waals surface area (Å²) in [5.74, 6) is 0. The van der Waals surface area contributed by atoms with Gasteiger partial charge in [0.05, 0.1) is 16.9 Å². The van der Waals surface area contributed by atoms with E-state index in [2.05, 4.69) is 19.3 Å². The van der Waals surface area contributed by atoms with Crippen molar-refractivity contribution < 1.29 is 8.42 Å². The minimum atomic E-state index is -3.45. The Labute approximate surface area is 128 Å². The van der Waals surface area contributed by atoms with Crippen LogP contribution in [0, 0.1) is 0 Å². The van der Waals surface area contributed by atoms with Crippen molar-refractivity contribution >= 4 is 20.9 Å². The van der Waals surface area contributed by atoms with Crippen LogP contribution >= 0.6 is 0 Å². The number of fused-ring (bicyclic) bond motifs is 1. The zero-order chi connectivity index (χ0) is 15.3. The van der Waals surface area contributed by atoms with Crippen molar-refractivity contribution in [3.05, 3.63) is 36.9 Å². The zero-order valence-electron chi connectivity index (χ0n) is 12.1. The van der Waals surface area contributed by atoms with E-state index in [1.54, 1.807) is 18.2 Å². The number of imidazole rings is 1. The van der Waals surface area contributed by atoms with Gasteiger partial charge in [-0.2, -0.15) is 0 Å². The number of hydrogen-bond donors (Lipinski definition) is 2. The second-order valence-electron chi connectivity index (χ2n) is 5.55. The van der Waals surface area contributed by atoms with E-state index in [4.69, 9.17) is 0 Å². The highest BCUT2D eigenvalue weighted by Crippen LogP contribution is 2.36. The van der Waals surface area contributed by atoms with Gasteiger partial charge < -0.3 is 9.55 Å². The third-order valence-corrected chi connectivity index (χ3v) is 5.49. The van der Waals surface area contributed by atoms with Crippen LogP contribution in [0.3, 0.4) is 0 Å². The molecule has 2 aromatic heterocycles. The van der Waals surface area contributed by atoms with Crippen LogP contribution in [0.4, 0.5) is 0 Å². The summed E-state index contributed by atoms with van der Waals surface area (Å²) in [4.78, 5) is 7.89. The van der Waals surface area contributed by atoms with Gasteiger partial charge in [0.1, 0.15) is 0 Å². The highest BCUT2D eigenvalue weighted by atomic mass is 32.2. The average molecular weight is 316 g/mol. The molecule has 0 spiro atoms. The molecule has 1 aliphatic carbocycles. The molecular weight excluding hydrogens is 300 g/mol. The summed E-state index contributed by atoms with van der Waals surface area (Å²) in [6.45, 7) is 0. The van der Waals surface area contributed by atoms with E-state index in [-0.39, 0.29) is 4.90 Å². The SMILES string of the molecule is CNS(=O)(=O)c1ccc2[nH]cc(-c3cn(C4CC4)cn3)c2c1. The first-order chi connectivity index (χ1) is 10.6. The maximum absolute atomic E-state index is 12.0. The van der Waals surface area contributed by atoms with E-state index in [0.717, 1.165) is 22.2 Å². The van der Waals surface area contributed by atoms with Crippen LogP contribution in [-0.4, -0.2) is 30.0 Å². The highest BCUT2D eigenvalue weighted by molar-refractivity contribution is 7.89. The monoisotopic (exact) mass is 316 g/mol. The molecule has 1 aliphatic rings. The van der Waals surface area contributed by atoms with Gasteiger partial charge in [-0.1, -0.05) is 0 Å². The Kier molecular flexibility index (Phi) is 2.88. The average Bonchev–Trinajstić information content (AvgIpc) is 3.11. The number of sulfonamides is 1. The molecule has 1 aromatic carbocycles. The Hall–Kier alpha value is -2.12. The van der Waals surface area contributed by atoms with Crippen LogP contribution in [0.25, 0.3) is 22.2 Å². The minimum absolute atomic E-state index is 0.255.